The summed E-state index contributed by atoms with van der Waals surface area (Å²) < 4.78 is 0. The maximum absolute atomic E-state index is 10.6. The number of piperidine rings is 1. The zero-order valence-corrected chi connectivity index (χ0v) is 10.8. The quantitative estimate of drug-likeness (QED) is 0.908. The number of aromatic nitrogens is 2. The molecular formula is C12H16ClN3O2. The molecule has 1 fully saturated rings. The number of carboxylic acid groups (broad SMARTS) is 1. The fraction of sp³-hybridized carbons (Fsp3) is 0.583. The van der Waals surface area contributed by atoms with Gasteiger partial charge < -0.3 is 10.0 Å². The number of aliphatic carboxylic acids is 1. The van der Waals surface area contributed by atoms with Crippen molar-refractivity contribution in [2.45, 2.75) is 25.7 Å². The molecule has 2 heterocycles. The van der Waals surface area contributed by atoms with Crippen molar-refractivity contribution >= 4 is 23.4 Å². The predicted octanol–water partition coefficient (Wildman–Crippen LogP) is 2.21. The van der Waals surface area contributed by atoms with Crippen LogP contribution in [0.2, 0.25) is 5.15 Å². The Morgan fingerprint density at radius 3 is 3.00 bits per heavy atom. The van der Waals surface area contributed by atoms with Crippen LogP contribution in [0.1, 0.15) is 25.7 Å². The smallest absolute Gasteiger partial charge is 0.303 e. The lowest BCUT2D eigenvalue weighted by molar-refractivity contribution is -0.137. The van der Waals surface area contributed by atoms with Gasteiger partial charge in [0.1, 0.15) is 0 Å². The van der Waals surface area contributed by atoms with Gasteiger partial charge in [0.25, 0.3) is 0 Å². The van der Waals surface area contributed by atoms with Crippen molar-refractivity contribution < 1.29 is 9.90 Å². The molecule has 1 atom stereocenters. The highest BCUT2D eigenvalue weighted by Crippen LogP contribution is 2.24. The fourth-order valence-electron chi connectivity index (χ4n) is 2.31. The molecule has 0 spiro atoms. The van der Waals surface area contributed by atoms with Crippen molar-refractivity contribution in [1.29, 1.82) is 0 Å². The van der Waals surface area contributed by atoms with Crippen LogP contribution in [-0.2, 0) is 4.79 Å². The molecule has 0 radical (unpaired) electrons. The van der Waals surface area contributed by atoms with E-state index in [1.807, 2.05) is 6.07 Å². The number of hydrogen-bond donors (Lipinski definition) is 1. The number of hydrogen-bond acceptors (Lipinski definition) is 4. The maximum atomic E-state index is 10.6. The van der Waals surface area contributed by atoms with E-state index in [4.69, 9.17) is 16.7 Å². The minimum atomic E-state index is -0.724. The molecule has 1 N–H and O–H groups in total. The van der Waals surface area contributed by atoms with Gasteiger partial charge in [-0.15, -0.1) is 10.2 Å². The molecule has 0 aromatic carbocycles. The van der Waals surface area contributed by atoms with E-state index >= 15 is 0 Å². The lowest BCUT2D eigenvalue weighted by atomic mass is 9.93. The van der Waals surface area contributed by atoms with Crippen LogP contribution in [0.4, 0.5) is 5.82 Å². The molecule has 1 unspecified atom stereocenters. The summed E-state index contributed by atoms with van der Waals surface area (Å²) in [5.74, 6) is 0.519. The lowest BCUT2D eigenvalue weighted by Crippen LogP contribution is -2.36. The maximum Gasteiger partial charge on any atom is 0.303 e. The molecule has 1 saturated heterocycles. The molecule has 6 heteroatoms. The Hall–Kier alpha value is -1.36. The number of rotatable bonds is 4. The van der Waals surface area contributed by atoms with Crippen molar-refractivity contribution in [2.24, 2.45) is 5.92 Å². The molecular weight excluding hydrogens is 254 g/mol. The van der Waals surface area contributed by atoms with Crippen LogP contribution < -0.4 is 4.90 Å². The van der Waals surface area contributed by atoms with Crippen molar-refractivity contribution in [3.05, 3.63) is 17.3 Å². The van der Waals surface area contributed by atoms with E-state index in [9.17, 15) is 4.79 Å². The van der Waals surface area contributed by atoms with Gasteiger partial charge in [0.2, 0.25) is 0 Å². The zero-order chi connectivity index (χ0) is 13.0. The van der Waals surface area contributed by atoms with E-state index in [0.29, 0.717) is 11.1 Å². The third-order valence-electron chi connectivity index (χ3n) is 3.23. The Morgan fingerprint density at radius 1 is 1.50 bits per heavy atom. The Kier molecular flexibility index (Phi) is 4.36. The van der Waals surface area contributed by atoms with Gasteiger partial charge in [-0.2, -0.15) is 0 Å². The number of carboxylic acids is 1. The first-order chi connectivity index (χ1) is 8.65. The zero-order valence-electron chi connectivity index (χ0n) is 10.0. The monoisotopic (exact) mass is 269 g/mol. The lowest BCUT2D eigenvalue weighted by Gasteiger charge is -2.33. The second-order valence-electron chi connectivity index (χ2n) is 4.60. The predicted molar refractivity (Wildman–Crippen MR) is 68.8 cm³/mol. The Balaban J connectivity index is 1.93. The molecule has 5 nitrogen and oxygen atoms in total. The van der Waals surface area contributed by atoms with Crippen LogP contribution in [0, 0.1) is 5.92 Å². The summed E-state index contributed by atoms with van der Waals surface area (Å²) in [7, 11) is 0. The van der Waals surface area contributed by atoms with Gasteiger partial charge in [0, 0.05) is 19.5 Å². The van der Waals surface area contributed by atoms with Crippen LogP contribution in [0.3, 0.4) is 0 Å². The highest BCUT2D eigenvalue weighted by molar-refractivity contribution is 6.29. The third-order valence-corrected chi connectivity index (χ3v) is 3.43. The van der Waals surface area contributed by atoms with E-state index in [0.717, 1.165) is 38.2 Å². The van der Waals surface area contributed by atoms with Gasteiger partial charge >= 0.3 is 5.97 Å². The second-order valence-corrected chi connectivity index (χ2v) is 4.99. The Labute approximate surface area is 111 Å². The summed E-state index contributed by atoms with van der Waals surface area (Å²) in [6.45, 7) is 1.80. The topological polar surface area (TPSA) is 66.3 Å². The van der Waals surface area contributed by atoms with Gasteiger partial charge in [-0.3, -0.25) is 4.79 Å². The van der Waals surface area contributed by atoms with Crippen LogP contribution >= 0.6 is 11.6 Å². The highest BCUT2D eigenvalue weighted by Gasteiger charge is 2.21. The first-order valence-electron chi connectivity index (χ1n) is 6.11. The summed E-state index contributed by atoms with van der Waals surface area (Å²) >= 11 is 5.71. The number of nitrogens with zero attached hydrogens (tertiary/aromatic N) is 3. The van der Waals surface area contributed by atoms with Gasteiger partial charge in [-0.1, -0.05) is 11.6 Å². The van der Waals surface area contributed by atoms with Gasteiger partial charge in [0.15, 0.2) is 11.0 Å². The molecule has 18 heavy (non-hydrogen) atoms. The molecule has 1 aliphatic rings. The number of carbonyl (C=O) groups is 1. The minimum Gasteiger partial charge on any atom is -0.481 e. The summed E-state index contributed by atoms with van der Waals surface area (Å²) in [5.41, 5.74) is 0. The summed E-state index contributed by atoms with van der Waals surface area (Å²) in [6.07, 6.45) is 3.12. The van der Waals surface area contributed by atoms with Crippen molar-refractivity contribution in [3.8, 4) is 0 Å². The minimum absolute atomic E-state index is 0.241. The molecule has 0 saturated carbocycles. The molecule has 0 aliphatic carbocycles. The highest BCUT2D eigenvalue weighted by atomic mass is 35.5. The molecule has 98 valence electrons. The molecule has 2 rings (SSSR count). The Bertz CT molecular complexity index is 410. The first kappa shape index (κ1) is 13.1. The molecule has 1 aliphatic heterocycles. The van der Waals surface area contributed by atoms with E-state index in [1.165, 1.54) is 0 Å². The van der Waals surface area contributed by atoms with Gasteiger partial charge in [0.05, 0.1) is 0 Å². The number of halogens is 1. The fourth-order valence-corrected chi connectivity index (χ4v) is 2.41. The Morgan fingerprint density at radius 2 is 2.33 bits per heavy atom. The van der Waals surface area contributed by atoms with Crippen LogP contribution in [0.5, 0.6) is 0 Å². The normalized spacial score (nSPS) is 19.8. The summed E-state index contributed by atoms with van der Waals surface area (Å²) in [6, 6.07) is 3.58. The van der Waals surface area contributed by atoms with E-state index in [-0.39, 0.29) is 6.42 Å². The van der Waals surface area contributed by atoms with Crippen molar-refractivity contribution in [1.82, 2.24) is 10.2 Å². The largest absolute Gasteiger partial charge is 0.481 e. The molecule has 1 aromatic rings. The molecule has 1 aromatic heterocycles. The van der Waals surface area contributed by atoms with E-state index in [1.54, 1.807) is 6.07 Å². The average Bonchev–Trinajstić information content (AvgIpc) is 2.37. The SMILES string of the molecule is O=C(O)CCC1CCCN(c2ccc(Cl)nn2)C1. The van der Waals surface area contributed by atoms with Crippen LogP contribution in [-0.4, -0.2) is 34.4 Å². The second kappa shape index (κ2) is 6.00. The summed E-state index contributed by atoms with van der Waals surface area (Å²) in [4.78, 5) is 12.7. The van der Waals surface area contributed by atoms with Crippen LogP contribution in [0.15, 0.2) is 12.1 Å². The van der Waals surface area contributed by atoms with Crippen molar-refractivity contribution in [2.75, 3.05) is 18.0 Å². The third kappa shape index (κ3) is 3.57. The average molecular weight is 270 g/mol. The number of anilines is 1. The summed E-state index contributed by atoms with van der Waals surface area (Å²) in [5, 5.41) is 17.0. The standard InChI is InChI=1S/C12H16ClN3O2/c13-10-4-5-11(15-14-10)16-7-1-2-9(8-16)3-6-12(17)18/h4-5,9H,1-3,6-8H2,(H,17,18). The van der Waals surface area contributed by atoms with E-state index < -0.39 is 5.97 Å². The van der Waals surface area contributed by atoms with Crippen LogP contribution in [0.25, 0.3) is 0 Å². The van der Waals surface area contributed by atoms with Crippen molar-refractivity contribution in [3.63, 3.8) is 0 Å². The van der Waals surface area contributed by atoms with E-state index in [2.05, 4.69) is 15.1 Å². The van der Waals surface area contributed by atoms with Gasteiger partial charge in [-0.05, 0) is 37.3 Å². The molecule has 0 bridgehead atoms. The van der Waals surface area contributed by atoms with Gasteiger partial charge in [-0.25, -0.2) is 0 Å². The first-order valence-corrected chi connectivity index (χ1v) is 6.49. The molecule has 0 amide bonds.